The van der Waals surface area contributed by atoms with Crippen LogP contribution in [-0.2, 0) is 17.5 Å². The molecule has 1 aromatic heterocycles. The molecule has 3 rings (SSSR count). The van der Waals surface area contributed by atoms with Crippen LogP contribution in [0.3, 0.4) is 0 Å². The maximum Gasteiger partial charge on any atom is 0.416 e. The number of ether oxygens (including phenoxy) is 1. The lowest BCUT2D eigenvalue weighted by molar-refractivity contribution is -0.137. The summed E-state index contributed by atoms with van der Waals surface area (Å²) in [5.74, 6) is 0.520. The molecule has 2 aromatic carbocycles. The summed E-state index contributed by atoms with van der Waals surface area (Å²) in [4.78, 5) is 12.4. The van der Waals surface area contributed by atoms with Crippen LogP contribution in [0.25, 0.3) is 0 Å². The monoisotopic (exact) mass is 574 g/mol. The SMILES string of the molecule is C=CCn1c(SCC(=O)Nc2cc(C(F)(F)F)ccc2Cl)nnc1C(C)Oc1ccc(Br)cc1. The predicted molar refractivity (Wildman–Crippen MR) is 129 cm³/mol. The maximum absolute atomic E-state index is 12.9. The molecule has 1 heterocycles. The second-order valence-electron chi connectivity index (χ2n) is 6.98. The summed E-state index contributed by atoms with van der Waals surface area (Å²) in [5.41, 5.74) is -1.03. The van der Waals surface area contributed by atoms with E-state index in [1.807, 2.05) is 31.2 Å². The average molecular weight is 576 g/mol. The number of anilines is 1. The van der Waals surface area contributed by atoms with Gasteiger partial charge in [0.15, 0.2) is 17.1 Å². The van der Waals surface area contributed by atoms with Gasteiger partial charge in [-0.1, -0.05) is 45.4 Å². The molecule has 0 spiro atoms. The van der Waals surface area contributed by atoms with E-state index in [2.05, 4.69) is 38.0 Å². The van der Waals surface area contributed by atoms with E-state index < -0.39 is 23.8 Å². The van der Waals surface area contributed by atoms with Gasteiger partial charge < -0.3 is 10.1 Å². The van der Waals surface area contributed by atoms with E-state index in [1.165, 1.54) is 0 Å². The Morgan fingerprint density at radius 3 is 2.65 bits per heavy atom. The van der Waals surface area contributed by atoms with E-state index in [0.29, 0.717) is 23.3 Å². The van der Waals surface area contributed by atoms with Crippen LogP contribution in [0.4, 0.5) is 18.9 Å². The lowest BCUT2D eigenvalue weighted by Gasteiger charge is -2.16. The van der Waals surface area contributed by atoms with Gasteiger partial charge in [-0.05, 0) is 49.4 Å². The topological polar surface area (TPSA) is 69.0 Å². The first-order chi connectivity index (χ1) is 16.1. The van der Waals surface area contributed by atoms with Crippen molar-refractivity contribution in [2.45, 2.75) is 30.9 Å². The molecule has 3 aromatic rings. The number of rotatable bonds is 9. The van der Waals surface area contributed by atoms with Crippen molar-refractivity contribution in [3.8, 4) is 5.75 Å². The summed E-state index contributed by atoms with van der Waals surface area (Å²) in [5, 5.41) is 11.2. The van der Waals surface area contributed by atoms with Gasteiger partial charge in [-0.25, -0.2) is 0 Å². The van der Waals surface area contributed by atoms with Crippen LogP contribution in [0.1, 0.15) is 24.4 Å². The fraction of sp³-hybridized carbons (Fsp3) is 0.227. The number of hydrogen-bond donors (Lipinski definition) is 1. The van der Waals surface area contributed by atoms with E-state index in [0.717, 1.165) is 34.4 Å². The van der Waals surface area contributed by atoms with Crippen LogP contribution in [0, 0.1) is 0 Å². The van der Waals surface area contributed by atoms with Crippen molar-refractivity contribution in [2.75, 3.05) is 11.1 Å². The third kappa shape index (κ3) is 6.77. The zero-order valence-corrected chi connectivity index (χ0v) is 20.9. The smallest absolute Gasteiger partial charge is 0.416 e. The van der Waals surface area contributed by atoms with Gasteiger partial charge >= 0.3 is 6.18 Å². The van der Waals surface area contributed by atoms with Gasteiger partial charge in [0.25, 0.3) is 0 Å². The number of hydrogen-bond acceptors (Lipinski definition) is 5. The number of benzene rings is 2. The van der Waals surface area contributed by atoms with Crippen molar-refractivity contribution < 1.29 is 22.7 Å². The van der Waals surface area contributed by atoms with Gasteiger partial charge in [0.05, 0.1) is 22.0 Å². The molecule has 1 N–H and O–H groups in total. The number of allylic oxidation sites excluding steroid dienone is 1. The molecule has 12 heteroatoms. The maximum atomic E-state index is 12.9. The first-order valence-electron chi connectivity index (χ1n) is 9.84. The number of amides is 1. The highest BCUT2D eigenvalue weighted by Crippen LogP contribution is 2.34. The number of halogens is 5. The highest BCUT2D eigenvalue weighted by molar-refractivity contribution is 9.10. The van der Waals surface area contributed by atoms with E-state index in [4.69, 9.17) is 16.3 Å². The van der Waals surface area contributed by atoms with Gasteiger partial charge in [-0.2, -0.15) is 13.2 Å². The summed E-state index contributed by atoms with van der Waals surface area (Å²) in [6.45, 7) is 5.94. The second-order valence-corrected chi connectivity index (χ2v) is 9.25. The van der Waals surface area contributed by atoms with Crippen LogP contribution >= 0.6 is 39.3 Å². The minimum atomic E-state index is -4.55. The molecular weight excluding hydrogens is 557 g/mol. The molecule has 0 saturated carbocycles. The lowest BCUT2D eigenvalue weighted by Crippen LogP contribution is -2.16. The molecule has 180 valence electrons. The number of nitrogens with zero attached hydrogens (tertiary/aromatic N) is 3. The minimum absolute atomic E-state index is 0.00220. The number of nitrogens with one attached hydrogen (secondary N) is 1. The van der Waals surface area contributed by atoms with E-state index in [-0.39, 0.29) is 16.5 Å². The van der Waals surface area contributed by atoms with Crippen molar-refractivity contribution >= 4 is 50.9 Å². The summed E-state index contributed by atoms with van der Waals surface area (Å²) >= 11 is 10.4. The Hall–Kier alpha value is -2.50. The number of alkyl halides is 3. The Kier molecular flexibility index (Phi) is 8.67. The van der Waals surface area contributed by atoms with Crippen LogP contribution in [0.2, 0.25) is 5.02 Å². The van der Waals surface area contributed by atoms with Crippen LogP contribution in [0.5, 0.6) is 5.75 Å². The predicted octanol–water partition coefficient (Wildman–Crippen LogP) is 6.77. The van der Waals surface area contributed by atoms with E-state index >= 15 is 0 Å². The van der Waals surface area contributed by atoms with Crippen molar-refractivity contribution in [2.24, 2.45) is 0 Å². The molecule has 0 radical (unpaired) electrons. The Morgan fingerprint density at radius 2 is 2.00 bits per heavy atom. The van der Waals surface area contributed by atoms with Crippen molar-refractivity contribution in [1.29, 1.82) is 0 Å². The Labute approximate surface area is 211 Å². The molecule has 1 atom stereocenters. The molecule has 0 saturated heterocycles. The highest BCUT2D eigenvalue weighted by atomic mass is 79.9. The standard InChI is InChI=1S/C22H19BrClF3N4O2S/c1-3-10-31-20(13(2)33-16-7-5-15(23)6-8-16)29-30-21(31)34-12-19(32)28-18-11-14(22(25,26)27)4-9-17(18)24/h3-9,11,13H,1,10,12H2,2H3,(H,28,32). The summed E-state index contributed by atoms with van der Waals surface area (Å²) in [6.07, 6.45) is -3.34. The molecule has 0 fully saturated rings. The quantitative estimate of drug-likeness (QED) is 0.225. The van der Waals surface area contributed by atoms with E-state index in [9.17, 15) is 18.0 Å². The molecule has 0 aliphatic rings. The summed E-state index contributed by atoms with van der Waals surface area (Å²) in [6, 6.07) is 10.1. The molecule has 34 heavy (non-hydrogen) atoms. The third-order valence-corrected chi connectivity index (χ3v) is 6.27. The first kappa shape index (κ1) is 26.1. The van der Waals surface area contributed by atoms with Gasteiger partial charge in [-0.15, -0.1) is 16.8 Å². The summed E-state index contributed by atoms with van der Waals surface area (Å²) < 4.78 is 47.5. The van der Waals surface area contributed by atoms with Crippen molar-refractivity contribution in [1.82, 2.24) is 14.8 Å². The van der Waals surface area contributed by atoms with Crippen LogP contribution < -0.4 is 10.1 Å². The summed E-state index contributed by atoms with van der Waals surface area (Å²) in [7, 11) is 0. The van der Waals surface area contributed by atoms with Gasteiger partial charge in [0, 0.05) is 11.0 Å². The molecule has 1 amide bonds. The lowest BCUT2D eigenvalue weighted by atomic mass is 10.2. The highest BCUT2D eigenvalue weighted by Gasteiger charge is 2.31. The average Bonchev–Trinajstić information content (AvgIpc) is 3.17. The Morgan fingerprint density at radius 1 is 1.29 bits per heavy atom. The Bertz CT molecular complexity index is 1170. The normalized spacial score (nSPS) is 12.3. The number of thioether (sulfide) groups is 1. The van der Waals surface area contributed by atoms with Gasteiger partial charge in [-0.3, -0.25) is 9.36 Å². The van der Waals surface area contributed by atoms with Crippen LogP contribution in [-0.4, -0.2) is 26.4 Å². The molecule has 0 bridgehead atoms. The molecule has 1 unspecified atom stereocenters. The van der Waals surface area contributed by atoms with Crippen molar-refractivity contribution in [3.05, 3.63) is 76.0 Å². The zero-order valence-electron chi connectivity index (χ0n) is 17.8. The zero-order chi connectivity index (χ0) is 24.9. The second kappa shape index (κ2) is 11.3. The Balaban J connectivity index is 1.69. The molecule has 0 aliphatic carbocycles. The number of carbonyl (C=O) groups excluding carboxylic acids is 1. The fourth-order valence-corrected chi connectivity index (χ4v) is 4.08. The van der Waals surface area contributed by atoms with Gasteiger partial charge in [0.2, 0.25) is 5.91 Å². The molecule has 6 nitrogen and oxygen atoms in total. The molecule has 0 aliphatic heterocycles. The molecular formula is C22H19BrClF3N4O2S. The number of carbonyl (C=O) groups is 1. The third-order valence-electron chi connectivity index (χ3n) is 4.45. The minimum Gasteiger partial charge on any atom is -0.483 e. The number of aromatic nitrogens is 3. The fourth-order valence-electron chi connectivity index (χ4n) is 2.89. The van der Waals surface area contributed by atoms with Crippen molar-refractivity contribution in [3.63, 3.8) is 0 Å². The van der Waals surface area contributed by atoms with Gasteiger partial charge in [0.1, 0.15) is 5.75 Å². The van der Waals surface area contributed by atoms with Crippen LogP contribution in [0.15, 0.2) is 64.7 Å². The largest absolute Gasteiger partial charge is 0.483 e. The first-order valence-corrected chi connectivity index (χ1v) is 12.0. The van der Waals surface area contributed by atoms with E-state index in [1.54, 1.807) is 10.6 Å².